The van der Waals surface area contributed by atoms with Crippen LogP contribution in [0.3, 0.4) is 0 Å². The summed E-state index contributed by atoms with van der Waals surface area (Å²) in [4.78, 5) is 37.1. The molecule has 1 unspecified atom stereocenters. The van der Waals surface area contributed by atoms with Gasteiger partial charge in [-0.05, 0) is 16.7 Å². The Balaban J connectivity index is 1.52. The third kappa shape index (κ3) is 8.49. The van der Waals surface area contributed by atoms with Crippen molar-refractivity contribution >= 4 is 18.0 Å². The summed E-state index contributed by atoms with van der Waals surface area (Å²) in [6.45, 7) is -0.108. The van der Waals surface area contributed by atoms with Gasteiger partial charge in [-0.1, -0.05) is 91.0 Å². The number of benzene rings is 3. The molecule has 0 aliphatic rings. The van der Waals surface area contributed by atoms with Crippen LogP contribution in [0.5, 0.6) is 0 Å². The molecule has 0 saturated heterocycles. The van der Waals surface area contributed by atoms with Crippen molar-refractivity contribution in [3.05, 3.63) is 108 Å². The molecule has 0 bridgehead atoms. The van der Waals surface area contributed by atoms with Gasteiger partial charge in [-0.2, -0.15) is 0 Å². The number of alkyl carbamates (subject to hydrolysis) is 1. The van der Waals surface area contributed by atoms with Crippen LogP contribution in [0.1, 0.15) is 16.7 Å². The average Bonchev–Trinajstić information content (AvgIpc) is 2.86. The Kier molecular flexibility index (Phi) is 9.03. The van der Waals surface area contributed by atoms with Gasteiger partial charge in [0, 0.05) is 6.42 Å². The number of hydrogen-bond donors (Lipinski definition) is 2. The minimum atomic E-state index is -0.919. The van der Waals surface area contributed by atoms with Crippen LogP contribution in [0.2, 0.25) is 0 Å². The maximum atomic E-state index is 12.7. The molecule has 0 aromatic heterocycles. The Morgan fingerprint density at radius 1 is 0.667 bits per heavy atom. The largest absolute Gasteiger partial charge is 0.460 e. The van der Waals surface area contributed by atoms with Gasteiger partial charge in [0.2, 0.25) is 5.91 Å². The van der Waals surface area contributed by atoms with Gasteiger partial charge in [-0.25, -0.2) is 4.79 Å². The SMILES string of the molecule is O=C(CNC(=O)C(Cc1ccccc1)NC(=O)OCc1ccccc1)OCc1ccccc1. The van der Waals surface area contributed by atoms with E-state index in [2.05, 4.69) is 10.6 Å². The molecule has 0 aliphatic carbocycles. The summed E-state index contributed by atoms with van der Waals surface area (Å²) in [7, 11) is 0. The number of carbonyl (C=O) groups is 3. The molecular weight excluding hydrogens is 420 g/mol. The topological polar surface area (TPSA) is 93.7 Å². The first-order chi connectivity index (χ1) is 16.1. The zero-order valence-electron chi connectivity index (χ0n) is 18.1. The highest BCUT2D eigenvalue weighted by atomic mass is 16.5. The molecule has 0 saturated carbocycles. The Bertz CT molecular complexity index is 1030. The number of nitrogens with one attached hydrogen (secondary N) is 2. The monoisotopic (exact) mass is 446 g/mol. The summed E-state index contributed by atoms with van der Waals surface area (Å²) < 4.78 is 10.4. The Morgan fingerprint density at radius 3 is 1.70 bits per heavy atom. The second-order valence-electron chi connectivity index (χ2n) is 7.31. The molecule has 7 heteroatoms. The Morgan fingerprint density at radius 2 is 1.15 bits per heavy atom. The predicted octanol–water partition coefficient (Wildman–Crippen LogP) is 3.38. The molecule has 2 amide bonds. The lowest BCUT2D eigenvalue weighted by atomic mass is 10.1. The summed E-state index contributed by atoms with van der Waals surface area (Å²) in [6.07, 6.45) is -0.479. The number of ether oxygens (including phenoxy) is 2. The van der Waals surface area contributed by atoms with Crippen LogP contribution in [-0.2, 0) is 38.7 Å². The molecule has 0 fully saturated rings. The molecule has 3 rings (SSSR count). The van der Waals surface area contributed by atoms with Crippen molar-refractivity contribution in [1.29, 1.82) is 0 Å². The first-order valence-electron chi connectivity index (χ1n) is 10.6. The molecule has 0 spiro atoms. The van der Waals surface area contributed by atoms with Gasteiger partial charge >= 0.3 is 12.1 Å². The summed E-state index contributed by atoms with van der Waals surface area (Å²) in [5.74, 6) is -1.08. The maximum absolute atomic E-state index is 12.7. The number of amides is 2. The van der Waals surface area contributed by atoms with Crippen molar-refractivity contribution in [3.8, 4) is 0 Å². The second kappa shape index (κ2) is 12.7. The molecule has 170 valence electrons. The van der Waals surface area contributed by atoms with Gasteiger partial charge in [0.25, 0.3) is 0 Å². The third-order valence-electron chi connectivity index (χ3n) is 4.75. The number of hydrogen-bond acceptors (Lipinski definition) is 5. The van der Waals surface area contributed by atoms with E-state index >= 15 is 0 Å². The molecule has 33 heavy (non-hydrogen) atoms. The number of esters is 1. The molecular formula is C26H26N2O5. The summed E-state index contributed by atoms with van der Waals surface area (Å²) in [5.41, 5.74) is 2.53. The van der Waals surface area contributed by atoms with Crippen LogP contribution in [0, 0.1) is 0 Å². The smallest absolute Gasteiger partial charge is 0.408 e. The molecule has 1 atom stereocenters. The lowest BCUT2D eigenvalue weighted by Gasteiger charge is -2.18. The minimum Gasteiger partial charge on any atom is -0.460 e. The molecule has 0 aliphatic heterocycles. The molecule has 3 aromatic carbocycles. The average molecular weight is 447 g/mol. The third-order valence-corrected chi connectivity index (χ3v) is 4.75. The molecule has 7 nitrogen and oxygen atoms in total. The van der Waals surface area contributed by atoms with E-state index in [0.717, 1.165) is 16.7 Å². The van der Waals surface area contributed by atoms with E-state index in [4.69, 9.17) is 9.47 Å². The van der Waals surface area contributed by atoms with Gasteiger partial charge in [-0.15, -0.1) is 0 Å². The van der Waals surface area contributed by atoms with Crippen LogP contribution in [0.25, 0.3) is 0 Å². The number of rotatable bonds is 10. The predicted molar refractivity (Wildman–Crippen MR) is 123 cm³/mol. The van der Waals surface area contributed by atoms with Crippen molar-refractivity contribution in [1.82, 2.24) is 10.6 Å². The van der Waals surface area contributed by atoms with E-state index < -0.39 is 24.0 Å². The van der Waals surface area contributed by atoms with E-state index in [-0.39, 0.29) is 26.2 Å². The summed E-state index contributed by atoms with van der Waals surface area (Å²) in [5, 5.41) is 5.13. The molecule has 0 radical (unpaired) electrons. The van der Waals surface area contributed by atoms with E-state index in [1.807, 2.05) is 91.0 Å². The van der Waals surface area contributed by atoms with Crippen LogP contribution in [0.4, 0.5) is 4.79 Å². The zero-order chi connectivity index (χ0) is 23.3. The molecule has 3 aromatic rings. The Hall–Kier alpha value is -4.13. The van der Waals surface area contributed by atoms with Gasteiger partial charge in [0.05, 0.1) is 0 Å². The Labute approximate surface area is 192 Å². The van der Waals surface area contributed by atoms with E-state index in [1.54, 1.807) is 0 Å². The lowest BCUT2D eigenvalue weighted by Crippen LogP contribution is -2.49. The number of carbonyl (C=O) groups excluding carboxylic acids is 3. The van der Waals surface area contributed by atoms with Crippen molar-refractivity contribution < 1.29 is 23.9 Å². The summed E-state index contributed by atoms with van der Waals surface area (Å²) in [6, 6.07) is 26.8. The first kappa shape index (κ1) is 23.5. The summed E-state index contributed by atoms with van der Waals surface area (Å²) >= 11 is 0. The van der Waals surface area contributed by atoms with Gasteiger partial charge in [0.15, 0.2) is 0 Å². The van der Waals surface area contributed by atoms with Crippen molar-refractivity contribution in [3.63, 3.8) is 0 Å². The fourth-order valence-electron chi connectivity index (χ4n) is 3.04. The van der Waals surface area contributed by atoms with Gasteiger partial charge in [-0.3, -0.25) is 9.59 Å². The fraction of sp³-hybridized carbons (Fsp3) is 0.192. The zero-order valence-corrected chi connectivity index (χ0v) is 18.1. The van der Waals surface area contributed by atoms with Crippen LogP contribution in [0.15, 0.2) is 91.0 Å². The fourth-order valence-corrected chi connectivity index (χ4v) is 3.04. The quantitative estimate of drug-likeness (QED) is 0.466. The highest BCUT2D eigenvalue weighted by Crippen LogP contribution is 2.06. The lowest BCUT2D eigenvalue weighted by molar-refractivity contribution is -0.145. The highest BCUT2D eigenvalue weighted by molar-refractivity contribution is 5.88. The molecule has 2 N–H and O–H groups in total. The second-order valence-corrected chi connectivity index (χ2v) is 7.31. The minimum absolute atomic E-state index is 0.0815. The van der Waals surface area contributed by atoms with Crippen LogP contribution < -0.4 is 10.6 Å². The van der Waals surface area contributed by atoms with E-state index in [9.17, 15) is 14.4 Å². The standard InChI is InChI=1S/C26H26N2O5/c29-24(32-18-21-12-6-2-7-13-21)17-27-25(30)23(16-20-10-4-1-5-11-20)28-26(31)33-19-22-14-8-3-9-15-22/h1-15,23H,16-19H2,(H,27,30)(H,28,31). The normalized spacial score (nSPS) is 11.2. The highest BCUT2D eigenvalue weighted by Gasteiger charge is 2.22. The molecule has 0 heterocycles. The van der Waals surface area contributed by atoms with Crippen LogP contribution >= 0.6 is 0 Å². The van der Waals surface area contributed by atoms with E-state index in [0.29, 0.717) is 0 Å². The van der Waals surface area contributed by atoms with Gasteiger partial charge < -0.3 is 20.1 Å². The maximum Gasteiger partial charge on any atom is 0.408 e. The van der Waals surface area contributed by atoms with E-state index in [1.165, 1.54) is 0 Å². The van der Waals surface area contributed by atoms with Crippen molar-refractivity contribution in [2.24, 2.45) is 0 Å². The van der Waals surface area contributed by atoms with Crippen LogP contribution in [-0.4, -0.2) is 30.6 Å². The van der Waals surface area contributed by atoms with Crippen molar-refractivity contribution in [2.75, 3.05) is 6.54 Å². The van der Waals surface area contributed by atoms with Crippen molar-refractivity contribution in [2.45, 2.75) is 25.7 Å². The first-order valence-corrected chi connectivity index (χ1v) is 10.6. The van der Waals surface area contributed by atoms with Gasteiger partial charge in [0.1, 0.15) is 25.8 Å².